The van der Waals surface area contributed by atoms with Gasteiger partial charge in [0, 0.05) is 23.3 Å². The number of rotatable bonds is 7. The Kier molecular flexibility index (Phi) is 5.86. The molecular formula is C22H17F4N5O2. The summed E-state index contributed by atoms with van der Waals surface area (Å²) < 4.78 is 59.3. The molecule has 2 aromatic carbocycles. The lowest BCUT2D eigenvalue weighted by Crippen LogP contribution is -2.13. The number of aryl methyl sites for hydroxylation is 1. The molecule has 0 saturated carbocycles. The number of anilines is 1. The minimum atomic E-state index is -2.63. The van der Waals surface area contributed by atoms with Crippen molar-refractivity contribution in [2.45, 2.75) is 13.3 Å². The summed E-state index contributed by atoms with van der Waals surface area (Å²) in [4.78, 5) is 15.8. The van der Waals surface area contributed by atoms with E-state index in [1.54, 1.807) is 25.1 Å². The fourth-order valence-electron chi connectivity index (χ4n) is 3.27. The topological polar surface area (TPSA) is 94.5 Å². The predicted octanol–water partition coefficient (Wildman–Crippen LogP) is 4.55. The van der Waals surface area contributed by atoms with Crippen LogP contribution in [0.4, 0.5) is 23.2 Å². The molecule has 0 aliphatic heterocycles. The summed E-state index contributed by atoms with van der Waals surface area (Å²) in [5.41, 5.74) is 7.86. The number of halogens is 4. The summed E-state index contributed by atoms with van der Waals surface area (Å²) >= 11 is 0. The van der Waals surface area contributed by atoms with Crippen LogP contribution in [0.15, 0.2) is 48.7 Å². The lowest BCUT2D eigenvalue weighted by Gasteiger charge is -2.12. The van der Waals surface area contributed by atoms with Crippen LogP contribution in [0.5, 0.6) is 11.6 Å². The highest BCUT2D eigenvalue weighted by Crippen LogP contribution is 2.30. The quantitative estimate of drug-likeness (QED) is 0.396. The molecule has 0 fully saturated rings. The second kappa shape index (κ2) is 8.77. The lowest BCUT2D eigenvalue weighted by atomic mass is 10.0. The molecule has 0 aliphatic rings. The smallest absolute Gasteiger partial charge is 0.255 e. The van der Waals surface area contributed by atoms with Gasteiger partial charge in [-0.2, -0.15) is 0 Å². The maximum absolute atomic E-state index is 13.6. The monoisotopic (exact) mass is 459 g/mol. The highest BCUT2D eigenvalue weighted by molar-refractivity contribution is 5.94. The van der Waals surface area contributed by atoms with E-state index < -0.39 is 30.5 Å². The molecule has 2 heterocycles. The summed E-state index contributed by atoms with van der Waals surface area (Å²) in [6.45, 7) is 1.06. The average Bonchev–Trinajstić information content (AvgIpc) is 3.18. The van der Waals surface area contributed by atoms with Gasteiger partial charge in [-0.1, -0.05) is 6.07 Å². The van der Waals surface area contributed by atoms with Crippen LogP contribution in [0.25, 0.3) is 16.9 Å². The van der Waals surface area contributed by atoms with Gasteiger partial charge in [0.2, 0.25) is 11.8 Å². The zero-order chi connectivity index (χ0) is 23.7. The number of ether oxygens (including phenoxy) is 1. The van der Waals surface area contributed by atoms with Gasteiger partial charge in [-0.3, -0.25) is 4.79 Å². The minimum absolute atomic E-state index is 0.0381. The molecule has 170 valence electrons. The van der Waals surface area contributed by atoms with Gasteiger partial charge >= 0.3 is 0 Å². The van der Waals surface area contributed by atoms with Gasteiger partial charge in [0.25, 0.3) is 6.43 Å². The molecule has 1 amide bonds. The first kappa shape index (κ1) is 22.1. The third-order valence-corrected chi connectivity index (χ3v) is 4.79. The lowest BCUT2D eigenvalue weighted by molar-refractivity contribution is 0.0999. The molecule has 0 spiro atoms. The van der Waals surface area contributed by atoms with Crippen molar-refractivity contribution in [2.75, 3.05) is 11.9 Å². The summed E-state index contributed by atoms with van der Waals surface area (Å²) in [5, 5.41) is 6.92. The Morgan fingerprint density at radius 3 is 2.61 bits per heavy atom. The van der Waals surface area contributed by atoms with Crippen molar-refractivity contribution < 1.29 is 27.1 Å². The van der Waals surface area contributed by atoms with E-state index in [1.807, 2.05) is 0 Å². The Labute approximate surface area is 184 Å². The minimum Gasteiger partial charge on any atom is -0.437 e. The predicted molar refractivity (Wildman–Crippen MR) is 113 cm³/mol. The van der Waals surface area contributed by atoms with Crippen LogP contribution in [0.2, 0.25) is 0 Å². The first-order chi connectivity index (χ1) is 15.7. The number of nitrogens with zero attached hydrogens (tertiary/aromatic N) is 3. The second-order valence-electron chi connectivity index (χ2n) is 7.12. The fraction of sp³-hybridized carbons (Fsp3) is 0.136. The van der Waals surface area contributed by atoms with Crippen LogP contribution in [0, 0.1) is 18.6 Å². The molecule has 0 atom stereocenters. The molecular weight excluding hydrogens is 442 g/mol. The molecule has 2 aromatic heterocycles. The number of nitrogens with two attached hydrogens (primary N) is 1. The number of nitrogens with one attached hydrogen (secondary N) is 1. The van der Waals surface area contributed by atoms with Crippen molar-refractivity contribution in [3.8, 4) is 22.9 Å². The number of hydrogen-bond donors (Lipinski definition) is 2. The van der Waals surface area contributed by atoms with Crippen LogP contribution in [-0.4, -0.2) is 33.5 Å². The second-order valence-corrected chi connectivity index (χ2v) is 7.12. The van der Waals surface area contributed by atoms with Crippen molar-refractivity contribution >= 4 is 17.2 Å². The number of imidazole rings is 1. The number of alkyl halides is 2. The van der Waals surface area contributed by atoms with Crippen molar-refractivity contribution in [1.82, 2.24) is 14.6 Å². The number of carbonyl (C=O) groups excluding carboxylic acids is 1. The Balaban J connectivity index is 1.81. The van der Waals surface area contributed by atoms with E-state index in [2.05, 4.69) is 15.4 Å². The van der Waals surface area contributed by atoms with E-state index in [1.165, 1.54) is 22.8 Å². The van der Waals surface area contributed by atoms with Gasteiger partial charge in [-0.05, 0) is 36.8 Å². The normalized spacial score (nSPS) is 11.2. The SMILES string of the molecule is Cc1cc(-c2cnc3c(NCC(F)F)cc(Oc4ccc(F)c(F)c4)nn23)ccc1C(N)=O. The summed E-state index contributed by atoms with van der Waals surface area (Å²) in [7, 11) is 0. The maximum Gasteiger partial charge on any atom is 0.255 e. The Morgan fingerprint density at radius 2 is 1.94 bits per heavy atom. The Hall–Kier alpha value is -4.15. The van der Waals surface area contributed by atoms with E-state index >= 15 is 0 Å². The molecule has 3 N–H and O–H groups in total. The van der Waals surface area contributed by atoms with Crippen molar-refractivity contribution in [1.29, 1.82) is 0 Å². The van der Waals surface area contributed by atoms with E-state index in [4.69, 9.17) is 10.5 Å². The molecule has 0 radical (unpaired) electrons. The molecule has 7 nitrogen and oxygen atoms in total. The molecule has 0 bridgehead atoms. The first-order valence-corrected chi connectivity index (χ1v) is 9.67. The van der Waals surface area contributed by atoms with E-state index in [0.29, 0.717) is 22.4 Å². The molecule has 0 aliphatic carbocycles. The van der Waals surface area contributed by atoms with Crippen LogP contribution >= 0.6 is 0 Å². The van der Waals surface area contributed by atoms with E-state index in [-0.39, 0.29) is 23.0 Å². The highest BCUT2D eigenvalue weighted by Gasteiger charge is 2.17. The van der Waals surface area contributed by atoms with Gasteiger partial charge in [0.1, 0.15) is 5.75 Å². The number of aromatic nitrogens is 3. The third kappa shape index (κ3) is 4.56. The largest absolute Gasteiger partial charge is 0.437 e. The third-order valence-electron chi connectivity index (χ3n) is 4.79. The van der Waals surface area contributed by atoms with Crippen LogP contribution in [0.3, 0.4) is 0 Å². The van der Waals surface area contributed by atoms with Crippen LogP contribution in [0.1, 0.15) is 15.9 Å². The van der Waals surface area contributed by atoms with Gasteiger partial charge in [0.05, 0.1) is 24.1 Å². The maximum atomic E-state index is 13.6. The Bertz CT molecular complexity index is 1360. The zero-order valence-corrected chi connectivity index (χ0v) is 17.2. The molecule has 0 unspecified atom stereocenters. The number of amides is 1. The molecule has 33 heavy (non-hydrogen) atoms. The zero-order valence-electron chi connectivity index (χ0n) is 17.2. The standard InChI is InChI=1S/C22H17F4N5O2/c1-11-6-12(2-4-14(11)21(27)32)18-9-29-22-17(28-10-19(25)26)8-20(30-31(18)22)33-13-3-5-15(23)16(24)7-13/h2-9,19,28H,10H2,1H3,(H2,27,32). The number of fused-ring (bicyclic) bond motifs is 1. The molecule has 0 saturated heterocycles. The Morgan fingerprint density at radius 1 is 1.15 bits per heavy atom. The van der Waals surface area contributed by atoms with Gasteiger partial charge in [-0.15, -0.1) is 5.10 Å². The number of hydrogen-bond acceptors (Lipinski definition) is 5. The molecule has 11 heteroatoms. The average molecular weight is 459 g/mol. The molecule has 4 aromatic rings. The van der Waals surface area contributed by atoms with Gasteiger partial charge in [0.15, 0.2) is 17.3 Å². The van der Waals surface area contributed by atoms with Crippen molar-refractivity contribution in [2.24, 2.45) is 5.73 Å². The summed E-state index contributed by atoms with van der Waals surface area (Å²) in [6.07, 6.45) is -1.15. The van der Waals surface area contributed by atoms with Gasteiger partial charge in [-0.25, -0.2) is 27.1 Å². The van der Waals surface area contributed by atoms with Gasteiger partial charge < -0.3 is 15.8 Å². The van der Waals surface area contributed by atoms with Crippen molar-refractivity contribution in [3.63, 3.8) is 0 Å². The number of primary amides is 1. The first-order valence-electron chi connectivity index (χ1n) is 9.67. The van der Waals surface area contributed by atoms with Crippen LogP contribution in [-0.2, 0) is 0 Å². The highest BCUT2D eigenvalue weighted by atomic mass is 19.3. The summed E-state index contributed by atoms with van der Waals surface area (Å²) in [6, 6.07) is 9.19. The van der Waals surface area contributed by atoms with Crippen LogP contribution < -0.4 is 15.8 Å². The van der Waals surface area contributed by atoms with E-state index in [9.17, 15) is 22.4 Å². The summed E-state index contributed by atoms with van der Waals surface area (Å²) in [5.74, 6) is -2.84. The number of carbonyl (C=O) groups is 1. The van der Waals surface area contributed by atoms with Crippen molar-refractivity contribution in [3.05, 3.63) is 71.4 Å². The van der Waals surface area contributed by atoms with E-state index in [0.717, 1.165) is 12.1 Å². The fourth-order valence-corrected chi connectivity index (χ4v) is 3.27. The molecule has 4 rings (SSSR count). The number of benzene rings is 2.